The minimum atomic E-state index is 0.271. The lowest BCUT2D eigenvalue weighted by atomic mass is 10.5. The van der Waals surface area contributed by atoms with E-state index in [1.165, 1.54) is 23.0 Å². The maximum atomic E-state index is 12.2. The maximum Gasteiger partial charge on any atom is 0.320 e. The van der Waals surface area contributed by atoms with Gasteiger partial charge in [0.2, 0.25) is 0 Å². The largest absolute Gasteiger partial charge is 0.322 e. The van der Waals surface area contributed by atoms with Gasteiger partial charge in [0.25, 0.3) is 0 Å². The number of hydrogen-bond donors (Lipinski definition) is 0. The van der Waals surface area contributed by atoms with Crippen LogP contribution in [0.15, 0.2) is 0 Å². The fraction of sp³-hybridized carbons (Fsp3) is 0.923. The summed E-state index contributed by atoms with van der Waals surface area (Å²) in [5.74, 6) is 7.44. The fourth-order valence-electron chi connectivity index (χ4n) is 2.16. The predicted molar refractivity (Wildman–Crippen MR) is 95.7 cm³/mol. The van der Waals surface area contributed by atoms with Gasteiger partial charge in [-0.2, -0.15) is 47.0 Å². The smallest absolute Gasteiger partial charge is 0.320 e. The highest BCUT2D eigenvalue weighted by atomic mass is 32.2. The Morgan fingerprint density at radius 3 is 1.80 bits per heavy atom. The first-order valence-electron chi connectivity index (χ1n) is 7.25. The van der Waals surface area contributed by atoms with E-state index in [2.05, 4.69) is 23.5 Å². The highest BCUT2D eigenvalue weighted by Gasteiger charge is 2.28. The van der Waals surface area contributed by atoms with Gasteiger partial charge in [0.05, 0.1) is 0 Å². The first-order chi connectivity index (χ1) is 9.83. The summed E-state index contributed by atoms with van der Waals surface area (Å²) < 4.78 is 0. The lowest BCUT2D eigenvalue weighted by Gasteiger charge is -2.18. The van der Waals surface area contributed by atoms with Crippen molar-refractivity contribution in [3.05, 3.63) is 0 Å². The van der Waals surface area contributed by atoms with Gasteiger partial charge in [-0.3, -0.25) is 0 Å². The van der Waals surface area contributed by atoms with Crippen LogP contribution in [-0.4, -0.2) is 87.0 Å². The van der Waals surface area contributed by atoms with Crippen LogP contribution >= 0.6 is 47.0 Å². The van der Waals surface area contributed by atoms with E-state index in [-0.39, 0.29) is 6.03 Å². The summed E-state index contributed by atoms with van der Waals surface area (Å²) >= 11 is 8.12. The maximum absolute atomic E-state index is 12.2. The van der Waals surface area contributed by atoms with Crippen molar-refractivity contribution >= 4 is 53.1 Å². The molecule has 2 atom stereocenters. The zero-order valence-electron chi connectivity index (χ0n) is 11.7. The first kappa shape index (κ1) is 15.6. The van der Waals surface area contributed by atoms with Crippen LogP contribution in [0.5, 0.6) is 0 Å². The minimum Gasteiger partial charge on any atom is -0.322 e. The van der Waals surface area contributed by atoms with Gasteiger partial charge in [0.15, 0.2) is 0 Å². The van der Waals surface area contributed by atoms with Crippen molar-refractivity contribution in [1.82, 2.24) is 9.80 Å². The molecule has 3 saturated heterocycles. The molecule has 7 heteroatoms. The van der Waals surface area contributed by atoms with Crippen LogP contribution in [0, 0.1) is 0 Å². The monoisotopic (exact) mass is 350 g/mol. The third-order valence-corrected chi connectivity index (χ3v) is 8.19. The van der Waals surface area contributed by atoms with Gasteiger partial charge in [-0.1, -0.05) is 0 Å². The summed E-state index contributed by atoms with van der Waals surface area (Å²) in [4.78, 5) is 16.3. The van der Waals surface area contributed by atoms with Crippen LogP contribution in [0.25, 0.3) is 0 Å². The van der Waals surface area contributed by atoms with Gasteiger partial charge in [-0.25, -0.2) is 4.79 Å². The second-order valence-electron chi connectivity index (χ2n) is 5.32. The number of nitrogens with zero attached hydrogens (tertiary/aromatic N) is 2. The van der Waals surface area contributed by atoms with E-state index in [4.69, 9.17) is 0 Å². The summed E-state index contributed by atoms with van der Waals surface area (Å²) in [7, 11) is 0. The van der Waals surface area contributed by atoms with E-state index < -0.39 is 0 Å². The number of carbonyl (C=O) groups is 1. The SMILES string of the molecule is O=C1N(CCSCC2CS2)CCN1CCSCC1CS1. The molecular formula is C13H22N2OS4. The van der Waals surface area contributed by atoms with Gasteiger partial charge in [0.1, 0.15) is 0 Å². The molecule has 3 heterocycles. The number of amides is 2. The van der Waals surface area contributed by atoms with Crippen LogP contribution < -0.4 is 0 Å². The summed E-state index contributed by atoms with van der Waals surface area (Å²) in [5, 5.41) is 1.82. The van der Waals surface area contributed by atoms with Crippen LogP contribution in [0.1, 0.15) is 0 Å². The minimum absolute atomic E-state index is 0.271. The summed E-state index contributed by atoms with van der Waals surface area (Å²) in [6, 6.07) is 0.271. The molecule has 0 radical (unpaired) electrons. The molecule has 0 aromatic rings. The van der Waals surface area contributed by atoms with Crippen molar-refractivity contribution in [2.75, 3.05) is 60.7 Å². The molecule has 0 saturated carbocycles. The van der Waals surface area contributed by atoms with Crippen molar-refractivity contribution in [3.8, 4) is 0 Å². The molecule has 0 bridgehead atoms. The standard InChI is InChI=1S/C13H22N2OS4/c16-13-14(3-5-17-7-11-9-19-11)1-2-15(13)4-6-18-8-12-10-20-12/h11-12H,1-10H2. The summed E-state index contributed by atoms with van der Waals surface area (Å²) in [6.45, 7) is 3.73. The Labute approximate surface area is 138 Å². The Bertz CT molecular complexity index is 306. The highest BCUT2D eigenvalue weighted by molar-refractivity contribution is 8.09. The van der Waals surface area contributed by atoms with Crippen LogP contribution in [-0.2, 0) is 0 Å². The normalized spacial score (nSPS) is 28.3. The molecule has 3 fully saturated rings. The Hall–Kier alpha value is 0.670. The number of urea groups is 1. The van der Waals surface area contributed by atoms with Crippen LogP contribution in [0.4, 0.5) is 4.79 Å². The molecule has 0 N–H and O–H groups in total. The lowest BCUT2D eigenvalue weighted by molar-refractivity contribution is 0.196. The van der Waals surface area contributed by atoms with Gasteiger partial charge in [0, 0.05) is 71.2 Å². The van der Waals surface area contributed by atoms with E-state index in [9.17, 15) is 4.79 Å². The van der Waals surface area contributed by atoms with E-state index in [0.29, 0.717) is 0 Å². The number of hydrogen-bond acceptors (Lipinski definition) is 5. The Morgan fingerprint density at radius 2 is 1.40 bits per heavy atom. The first-order valence-corrected chi connectivity index (χ1v) is 11.7. The third-order valence-electron chi connectivity index (χ3n) is 3.60. The average Bonchev–Trinajstić information content (AvgIpc) is 3.34. The fourth-order valence-corrected chi connectivity index (χ4v) is 6.10. The van der Waals surface area contributed by atoms with Crippen molar-refractivity contribution in [2.45, 2.75) is 10.5 Å². The Kier molecular flexibility index (Phi) is 6.06. The topological polar surface area (TPSA) is 23.6 Å². The zero-order valence-corrected chi connectivity index (χ0v) is 14.9. The molecule has 2 amide bonds. The molecule has 0 spiro atoms. The van der Waals surface area contributed by atoms with E-state index in [1.807, 2.05) is 33.3 Å². The van der Waals surface area contributed by atoms with Gasteiger partial charge < -0.3 is 9.80 Å². The highest BCUT2D eigenvalue weighted by Crippen LogP contribution is 2.33. The number of carbonyl (C=O) groups excluding carboxylic acids is 1. The quantitative estimate of drug-likeness (QED) is 0.445. The second-order valence-corrected chi connectivity index (χ2v) is 10.3. The lowest BCUT2D eigenvalue weighted by Crippen LogP contribution is -2.34. The van der Waals surface area contributed by atoms with Crippen molar-refractivity contribution in [1.29, 1.82) is 0 Å². The molecule has 3 nitrogen and oxygen atoms in total. The van der Waals surface area contributed by atoms with E-state index in [1.54, 1.807) is 0 Å². The van der Waals surface area contributed by atoms with Crippen LogP contribution in [0.3, 0.4) is 0 Å². The van der Waals surface area contributed by atoms with Gasteiger partial charge in [-0.15, -0.1) is 0 Å². The Morgan fingerprint density at radius 1 is 0.950 bits per heavy atom. The van der Waals surface area contributed by atoms with E-state index >= 15 is 0 Å². The van der Waals surface area contributed by atoms with Crippen LogP contribution in [0.2, 0.25) is 0 Å². The second kappa shape index (κ2) is 7.79. The predicted octanol–water partition coefficient (Wildman–Crippen LogP) is 2.42. The van der Waals surface area contributed by atoms with Crippen molar-refractivity contribution < 1.29 is 4.79 Å². The third kappa shape index (κ3) is 5.14. The zero-order chi connectivity index (χ0) is 13.8. The van der Waals surface area contributed by atoms with Crippen molar-refractivity contribution in [3.63, 3.8) is 0 Å². The van der Waals surface area contributed by atoms with Crippen molar-refractivity contribution in [2.24, 2.45) is 0 Å². The molecule has 0 aromatic heterocycles. The molecular weight excluding hydrogens is 328 g/mol. The number of rotatable bonds is 10. The molecule has 3 aliphatic heterocycles. The molecule has 0 aromatic carbocycles. The molecule has 114 valence electrons. The molecule has 3 rings (SSSR count). The summed E-state index contributed by atoms with van der Waals surface area (Å²) in [5.41, 5.74) is 0. The number of thioether (sulfide) groups is 4. The Balaban J connectivity index is 1.25. The van der Waals surface area contributed by atoms with Gasteiger partial charge >= 0.3 is 6.03 Å². The summed E-state index contributed by atoms with van der Waals surface area (Å²) in [6.07, 6.45) is 0. The molecule has 0 aliphatic carbocycles. The molecule has 20 heavy (non-hydrogen) atoms. The molecule has 3 aliphatic rings. The van der Waals surface area contributed by atoms with Gasteiger partial charge in [-0.05, 0) is 0 Å². The molecule has 2 unspecified atom stereocenters. The van der Waals surface area contributed by atoms with E-state index in [0.717, 1.165) is 48.2 Å². The average molecular weight is 351 g/mol.